The van der Waals surface area contributed by atoms with E-state index in [1.807, 2.05) is 0 Å². The van der Waals surface area contributed by atoms with Gasteiger partial charge in [0.1, 0.15) is 17.7 Å². The van der Waals surface area contributed by atoms with Crippen molar-refractivity contribution in [1.29, 1.82) is 0 Å². The highest BCUT2D eigenvalue weighted by Crippen LogP contribution is 2.08. The third-order valence-electron chi connectivity index (χ3n) is 2.24. The van der Waals surface area contributed by atoms with Crippen LogP contribution in [0.1, 0.15) is 12.0 Å². The number of carboxylic acids is 1. The molecule has 0 bridgehead atoms. The lowest BCUT2D eigenvalue weighted by Gasteiger charge is -2.11. The lowest BCUT2D eigenvalue weighted by Crippen LogP contribution is -2.41. The zero-order valence-electron chi connectivity index (χ0n) is 9.82. The molecular formula is C13H11F2NO3. The summed E-state index contributed by atoms with van der Waals surface area (Å²) in [7, 11) is 0. The highest BCUT2D eigenvalue weighted by Gasteiger charge is 2.18. The molecule has 4 nitrogen and oxygen atoms in total. The van der Waals surface area contributed by atoms with Gasteiger partial charge in [-0.1, -0.05) is 0 Å². The summed E-state index contributed by atoms with van der Waals surface area (Å²) in [5.41, 5.74) is 0.111. The monoisotopic (exact) mass is 267 g/mol. The number of hydrogen-bond donors (Lipinski definition) is 2. The minimum atomic E-state index is -1.27. The van der Waals surface area contributed by atoms with E-state index in [0.29, 0.717) is 6.07 Å². The first-order valence-corrected chi connectivity index (χ1v) is 5.33. The highest BCUT2D eigenvalue weighted by atomic mass is 19.1. The second kappa shape index (κ2) is 6.50. The van der Waals surface area contributed by atoms with Crippen molar-refractivity contribution < 1.29 is 23.5 Å². The lowest BCUT2D eigenvalue weighted by molar-refractivity contribution is -0.141. The minimum Gasteiger partial charge on any atom is -0.480 e. The van der Waals surface area contributed by atoms with Gasteiger partial charge < -0.3 is 10.4 Å². The second-order valence-electron chi connectivity index (χ2n) is 3.82. The minimum absolute atomic E-state index is 0.111. The van der Waals surface area contributed by atoms with Crippen LogP contribution < -0.4 is 5.32 Å². The van der Waals surface area contributed by atoms with Gasteiger partial charge in [0.05, 0.1) is 6.42 Å². The van der Waals surface area contributed by atoms with Crippen LogP contribution in [0.3, 0.4) is 0 Å². The van der Waals surface area contributed by atoms with Gasteiger partial charge in [-0.05, 0) is 17.7 Å². The molecule has 2 N–H and O–H groups in total. The van der Waals surface area contributed by atoms with Gasteiger partial charge in [-0.2, -0.15) is 0 Å². The van der Waals surface area contributed by atoms with Crippen LogP contribution in [0.15, 0.2) is 18.2 Å². The van der Waals surface area contributed by atoms with Crippen molar-refractivity contribution >= 4 is 11.9 Å². The highest BCUT2D eigenvalue weighted by molar-refractivity contribution is 5.85. The molecule has 0 aliphatic heterocycles. The number of hydrogen-bond acceptors (Lipinski definition) is 2. The van der Waals surface area contributed by atoms with Gasteiger partial charge in [0.25, 0.3) is 0 Å². The zero-order chi connectivity index (χ0) is 14.4. The number of carbonyl (C=O) groups excluding carboxylic acids is 1. The van der Waals surface area contributed by atoms with Crippen LogP contribution in [-0.2, 0) is 16.0 Å². The SMILES string of the molecule is C#CC[C@H](NC(=O)Cc1cc(F)cc(F)c1)C(=O)O. The molecule has 0 heterocycles. The van der Waals surface area contributed by atoms with Gasteiger partial charge in [-0.25, -0.2) is 13.6 Å². The molecule has 0 saturated heterocycles. The van der Waals surface area contributed by atoms with E-state index in [1.165, 1.54) is 0 Å². The number of halogens is 2. The smallest absolute Gasteiger partial charge is 0.327 e. The van der Waals surface area contributed by atoms with Crippen LogP contribution >= 0.6 is 0 Å². The van der Waals surface area contributed by atoms with Crippen LogP contribution in [0.25, 0.3) is 0 Å². The van der Waals surface area contributed by atoms with Gasteiger partial charge in [-0.3, -0.25) is 4.79 Å². The second-order valence-corrected chi connectivity index (χ2v) is 3.82. The molecule has 1 aromatic rings. The Morgan fingerprint density at radius 2 is 1.89 bits per heavy atom. The van der Waals surface area contributed by atoms with E-state index < -0.39 is 29.6 Å². The molecule has 0 saturated carbocycles. The van der Waals surface area contributed by atoms with Crippen LogP contribution in [0.2, 0.25) is 0 Å². The molecule has 1 aromatic carbocycles. The van der Waals surface area contributed by atoms with Crippen molar-refractivity contribution in [3.05, 3.63) is 35.4 Å². The van der Waals surface area contributed by atoms with Crippen molar-refractivity contribution in [2.75, 3.05) is 0 Å². The fraction of sp³-hybridized carbons (Fsp3) is 0.231. The summed E-state index contributed by atoms with van der Waals surface area (Å²) in [6.45, 7) is 0. The molecule has 0 aliphatic carbocycles. The maximum atomic E-state index is 12.9. The lowest BCUT2D eigenvalue weighted by atomic mass is 10.1. The number of aliphatic carboxylic acids is 1. The molecule has 0 radical (unpaired) electrons. The summed E-state index contributed by atoms with van der Waals surface area (Å²) in [5.74, 6) is -1.43. The molecule has 1 rings (SSSR count). The predicted molar refractivity (Wildman–Crippen MR) is 63.1 cm³/mol. The molecule has 0 unspecified atom stereocenters. The van der Waals surface area contributed by atoms with E-state index in [9.17, 15) is 18.4 Å². The quantitative estimate of drug-likeness (QED) is 0.785. The first-order valence-electron chi connectivity index (χ1n) is 5.33. The van der Waals surface area contributed by atoms with E-state index in [4.69, 9.17) is 11.5 Å². The Hall–Kier alpha value is -2.42. The summed E-state index contributed by atoms with van der Waals surface area (Å²) in [5, 5.41) is 11.0. The van der Waals surface area contributed by atoms with Gasteiger partial charge in [0.15, 0.2) is 0 Å². The number of terminal acetylenes is 1. The largest absolute Gasteiger partial charge is 0.480 e. The van der Waals surface area contributed by atoms with Gasteiger partial charge in [-0.15, -0.1) is 12.3 Å². The number of rotatable bonds is 5. The fourth-order valence-electron chi connectivity index (χ4n) is 1.46. The van der Waals surface area contributed by atoms with Crippen molar-refractivity contribution in [2.24, 2.45) is 0 Å². The first-order chi connectivity index (χ1) is 8.92. The molecule has 1 atom stereocenters. The molecule has 100 valence electrons. The van der Waals surface area contributed by atoms with E-state index in [-0.39, 0.29) is 18.4 Å². The predicted octanol–water partition coefficient (Wildman–Crippen LogP) is 1.10. The molecule has 0 fully saturated rings. The van der Waals surface area contributed by atoms with Gasteiger partial charge in [0.2, 0.25) is 5.91 Å². The Morgan fingerprint density at radius 3 is 2.37 bits per heavy atom. The van der Waals surface area contributed by atoms with Crippen LogP contribution in [0.5, 0.6) is 0 Å². The third kappa shape index (κ3) is 4.76. The molecule has 6 heteroatoms. The van der Waals surface area contributed by atoms with E-state index in [1.54, 1.807) is 0 Å². The molecule has 1 amide bonds. The van der Waals surface area contributed by atoms with Crippen LogP contribution in [-0.4, -0.2) is 23.0 Å². The molecule has 0 aliphatic rings. The summed E-state index contributed by atoms with van der Waals surface area (Å²) in [6, 6.07) is 1.47. The van der Waals surface area contributed by atoms with Gasteiger partial charge >= 0.3 is 5.97 Å². The van der Waals surface area contributed by atoms with Gasteiger partial charge in [0, 0.05) is 12.5 Å². The summed E-state index contributed by atoms with van der Waals surface area (Å²) in [6.07, 6.45) is 4.47. The zero-order valence-corrected chi connectivity index (χ0v) is 9.82. The number of carbonyl (C=O) groups is 2. The van der Waals surface area contributed by atoms with Crippen molar-refractivity contribution in [3.8, 4) is 12.3 Å². The number of carboxylic acid groups (broad SMARTS) is 1. The maximum absolute atomic E-state index is 12.9. The van der Waals surface area contributed by atoms with Crippen molar-refractivity contribution in [2.45, 2.75) is 18.9 Å². The molecule has 0 spiro atoms. The average Bonchev–Trinajstić information content (AvgIpc) is 2.26. The first kappa shape index (κ1) is 14.6. The Labute approximate surface area is 108 Å². The van der Waals surface area contributed by atoms with Crippen LogP contribution in [0, 0.1) is 24.0 Å². The average molecular weight is 267 g/mol. The summed E-state index contributed by atoms with van der Waals surface area (Å²) in [4.78, 5) is 22.3. The Bertz CT molecular complexity index is 517. The number of amides is 1. The Balaban J connectivity index is 2.69. The maximum Gasteiger partial charge on any atom is 0.327 e. The van der Waals surface area contributed by atoms with Crippen LogP contribution in [0.4, 0.5) is 8.78 Å². The molecule has 0 aromatic heterocycles. The number of nitrogens with one attached hydrogen (secondary N) is 1. The normalized spacial score (nSPS) is 11.4. The standard InChI is InChI=1S/C13H11F2NO3/c1-2-3-11(13(18)19)16-12(17)6-8-4-9(14)7-10(15)5-8/h1,4-5,7,11H,3,6H2,(H,16,17)(H,18,19)/t11-/m0/s1. The van der Waals surface area contributed by atoms with E-state index >= 15 is 0 Å². The fourth-order valence-corrected chi connectivity index (χ4v) is 1.46. The number of benzene rings is 1. The van der Waals surface area contributed by atoms with Crippen molar-refractivity contribution in [1.82, 2.24) is 5.32 Å². The molecule has 19 heavy (non-hydrogen) atoms. The van der Waals surface area contributed by atoms with Crippen molar-refractivity contribution in [3.63, 3.8) is 0 Å². The topological polar surface area (TPSA) is 66.4 Å². The summed E-state index contributed by atoms with van der Waals surface area (Å²) < 4.78 is 25.8. The Kier molecular flexibility index (Phi) is 5.01. The Morgan fingerprint density at radius 1 is 1.32 bits per heavy atom. The third-order valence-corrected chi connectivity index (χ3v) is 2.24. The summed E-state index contributed by atoms with van der Waals surface area (Å²) >= 11 is 0. The molecular weight excluding hydrogens is 256 g/mol. The van der Waals surface area contributed by atoms with E-state index in [0.717, 1.165) is 12.1 Å². The van der Waals surface area contributed by atoms with E-state index in [2.05, 4.69) is 11.2 Å².